The minimum Gasteiger partial charge on any atom is -0.322 e. The average molecular weight is 236 g/mol. The number of aromatic nitrogens is 3. The molecule has 5 heteroatoms. The van der Waals surface area contributed by atoms with Gasteiger partial charge in [-0.3, -0.25) is 0 Å². The highest BCUT2D eigenvalue weighted by atomic mass is 16.2. The first-order chi connectivity index (χ1) is 7.98. The third kappa shape index (κ3) is 2.65. The van der Waals surface area contributed by atoms with E-state index in [0.29, 0.717) is 11.3 Å². The van der Waals surface area contributed by atoms with Crippen molar-refractivity contribution in [3.8, 4) is 0 Å². The monoisotopic (exact) mass is 236 g/mol. The van der Waals surface area contributed by atoms with E-state index in [1.54, 1.807) is 0 Å². The minimum absolute atomic E-state index is 0.109. The van der Waals surface area contributed by atoms with E-state index in [-0.39, 0.29) is 6.03 Å². The quantitative estimate of drug-likeness (QED) is 0.692. The zero-order valence-corrected chi connectivity index (χ0v) is 10.8. The molecule has 17 heavy (non-hydrogen) atoms. The van der Waals surface area contributed by atoms with Crippen molar-refractivity contribution in [2.45, 2.75) is 33.6 Å². The molecule has 1 amide bonds. The maximum Gasteiger partial charge on any atom is 0.362 e. The second-order valence-corrected chi connectivity index (χ2v) is 5.73. The number of hydrogen-bond donors (Lipinski definition) is 0. The van der Waals surface area contributed by atoms with Crippen molar-refractivity contribution in [2.24, 2.45) is 11.3 Å². The van der Waals surface area contributed by atoms with Crippen molar-refractivity contribution in [2.75, 3.05) is 13.1 Å². The summed E-state index contributed by atoms with van der Waals surface area (Å²) in [6.45, 7) is 8.42. The second kappa shape index (κ2) is 4.47. The smallest absolute Gasteiger partial charge is 0.322 e. The molecule has 2 rings (SSSR count). The molecule has 0 saturated carbocycles. The molecule has 0 N–H and O–H groups in total. The highest BCUT2D eigenvalue weighted by molar-refractivity contribution is 5.74. The van der Waals surface area contributed by atoms with Gasteiger partial charge in [0.25, 0.3) is 0 Å². The summed E-state index contributed by atoms with van der Waals surface area (Å²) in [5, 5.41) is 7.75. The zero-order valence-electron chi connectivity index (χ0n) is 10.8. The van der Waals surface area contributed by atoms with E-state index < -0.39 is 0 Å². The molecule has 1 aliphatic heterocycles. The van der Waals surface area contributed by atoms with E-state index in [2.05, 4.69) is 31.0 Å². The van der Waals surface area contributed by atoms with Crippen molar-refractivity contribution in [3.63, 3.8) is 0 Å². The number of piperidine rings is 1. The number of amides is 1. The molecule has 0 unspecified atom stereocenters. The predicted octanol–water partition coefficient (Wildman–Crippen LogP) is 2.00. The van der Waals surface area contributed by atoms with E-state index in [0.717, 1.165) is 30.7 Å². The van der Waals surface area contributed by atoms with Gasteiger partial charge in [-0.2, -0.15) is 10.2 Å². The molecule has 0 atom stereocenters. The number of carbonyl (C=O) groups excluding carboxylic acids is 1. The molecule has 0 bridgehead atoms. The first-order valence-electron chi connectivity index (χ1n) is 6.14. The highest BCUT2D eigenvalue weighted by Crippen LogP contribution is 2.34. The number of hydrogen-bond acceptors (Lipinski definition) is 3. The van der Waals surface area contributed by atoms with Gasteiger partial charge < -0.3 is 4.90 Å². The van der Waals surface area contributed by atoms with Gasteiger partial charge in [0, 0.05) is 13.1 Å². The molecule has 94 valence electrons. The first-order valence-corrected chi connectivity index (χ1v) is 6.14. The van der Waals surface area contributed by atoms with Crippen molar-refractivity contribution in [3.05, 3.63) is 12.4 Å². The third-order valence-electron chi connectivity index (χ3n) is 3.58. The van der Waals surface area contributed by atoms with Crippen LogP contribution in [0.1, 0.15) is 33.6 Å². The Morgan fingerprint density at radius 3 is 2.18 bits per heavy atom. The summed E-state index contributed by atoms with van der Waals surface area (Å²) < 4.78 is 0. The molecular formula is C12H20N4O. The van der Waals surface area contributed by atoms with Gasteiger partial charge in [0.05, 0.1) is 12.4 Å². The van der Waals surface area contributed by atoms with Crippen LogP contribution >= 0.6 is 0 Å². The number of likely N-dealkylation sites (tertiary alicyclic amines) is 1. The van der Waals surface area contributed by atoms with Crippen molar-refractivity contribution < 1.29 is 4.79 Å². The van der Waals surface area contributed by atoms with E-state index in [1.807, 2.05) is 4.90 Å². The second-order valence-electron chi connectivity index (χ2n) is 5.73. The summed E-state index contributed by atoms with van der Waals surface area (Å²) in [5.41, 5.74) is 0.332. The summed E-state index contributed by atoms with van der Waals surface area (Å²) in [6, 6.07) is -0.109. The number of carbonyl (C=O) groups is 1. The maximum atomic E-state index is 12.0. The SMILES string of the molecule is CC(C)(C)C1CCN(C(=O)n2nccn2)CC1. The van der Waals surface area contributed by atoms with Crippen molar-refractivity contribution in [1.29, 1.82) is 0 Å². The van der Waals surface area contributed by atoms with Gasteiger partial charge in [-0.05, 0) is 24.2 Å². The van der Waals surface area contributed by atoms with E-state index in [4.69, 9.17) is 0 Å². The molecule has 1 fully saturated rings. The van der Waals surface area contributed by atoms with Crippen molar-refractivity contribution >= 4 is 6.03 Å². The zero-order chi connectivity index (χ0) is 12.5. The Morgan fingerprint density at radius 1 is 1.18 bits per heavy atom. The molecule has 1 aromatic rings. The van der Waals surface area contributed by atoms with E-state index in [1.165, 1.54) is 12.4 Å². The maximum absolute atomic E-state index is 12.0. The van der Waals surface area contributed by atoms with Crippen LogP contribution in [0.4, 0.5) is 4.79 Å². The Hall–Kier alpha value is -1.39. The molecule has 5 nitrogen and oxygen atoms in total. The van der Waals surface area contributed by atoms with E-state index in [9.17, 15) is 4.79 Å². The van der Waals surface area contributed by atoms with Crippen LogP contribution in [-0.4, -0.2) is 39.0 Å². The van der Waals surface area contributed by atoms with Crippen LogP contribution in [-0.2, 0) is 0 Å². The Balaban J connectivity index is 1.94. The predicted molar refractivity (Wildman–Crippen MR) is 64.6 cm³/mol. The largest absolute Gasteiger partial charge is 0.362 e. The lowest BCUT2D eigenvalue weighted by Crippen LogP contribution is -2.43. The third-order valence-corrected chi connectivity index (χ3v) is 3.58. The van der Waals surface area contributed by atoms with Crippen LogP contribution in [0.3, 0.4) is 0 Å². The normalized spacial score (nSPS) is 18.4. The Kier molecular flexibility index (Phi) is 3.17. The number of nitrogens with zero attached hydrogens (tertiary/aromatic N) is 4. The van der Waals surface area contributed by atoms with Gasteiger partial charge in [-0.15, -0.1) is 0 Å². The first kappa shape index (κ1) is 12.1. The molecule has 1 aliphatic rings. The topological polar surface area (TPSA) is 51.0 Å². The van der Waals surface area contributed by atoms with E-state index >= 15 is 0 Å². The summed E-state index contributed by atoms with van der Waals surface area (Å²) in [6.07, 6.45) is 5.19. The van der Waals surface area contributed by atoms with Crippen LogP contribution in [0.2, 0.25) is 0 Å². The lowest BCUT2D eigenvalue weighted by Gasteiger charge is -2.38. The Morgan fingerprint density at radius 2 is 1.71 bits per heavy atom. The fourth-order valence-electron chi connectivity index (χ4n) is 2.38. The lowest BCUT2D eigenvalue weighted by molar-refractivity contribution is 0.119. The summed E-state index contributed by atoms with van der Waals surface area (Å²) in [4.78, 5) is 15.0. The molecule has 0 aromatic carbocycles. The summed E-state index contributed by atoms with van der Waals surface area (Å²) >= 11 is 0. The van der Waals surface area contributed by atoms with Crippen LogP contribution in [0.5, 0.6) is 0 Å². The molecule has 1 aromatic heterocycles. The molecule has 0 aliphatic carbocycles. The van der Waals surface area contributed by atoms with Crippen LogP contribution in [0.15, 0.2) is 12.4 Å². The van der Waals surface area contributed by atoms with Gasteiger partial charge >= 0.3 is 6.03 Å². The molecule has 1 saturated heterocycles. The summed E-state index contributed by atoms with van der Waals surface area (Å²) in [7, 11) is 0. The minimum atomic E-state index is -0.109. The van der Waals surface area contributed by atoms with Gasteiger partial charge in [0.15, 0.2) is 0 Å². The molecule has 0 spiro atoms. The lowest BCUT2D eigenvalue weighted by atomic mass is 9.75. The Bertz CT molecular complexity index is 372. The number of rotatable bonds is 0. The van der Waals surface area contributed by atoms with Crippen LogP contribution in [0, 0.1) is 11.3 Å². The van der Waals surface area contributed by atoms with Crippen LogP contribution in [0.25, 0.3) is 0 Å². The fourth-order valence-corrected chi connectivity index (χ4v) is 2.38. The molecular weight excluding hydrogens is 216 g/mol. The van der Waals surface area contributed by atoms with Crippen molar-refractivity contribution in [1.82, 2.24) is 19.9 Å². The van der Waals surface area contributed by atoms with Gasteiger partial charge in [0.1, 0.15) is 0 Å². The standard InChI is InChI=1S/C12H20N4O/c1-12(2,3)10-4-8-15(9-5-10)11(17)16-13-6-7-14-16/h6-7,10H,4-5,8-9H2,1-3H3. The van der Waals surface area contributed by atoms with Gasteiger partial charge in [-0.1, -0.05) is 25.6 Å². The van der Waals surface area contributed by atoms with Gasteiger partial charge in [-0.25, -0.2) is 4.79 Å². The fraction of sp³-hybridized carbons (Fsp3) is 0.750. The van der Waals surface area contributed by atoms with Crippen LogP contribution < -0.4 is 0 Å². The Labute approximate surface area is 102 Å². The average Bonchev–Trinajstić information content (AvgIpc) is 2.80. The van der Waals surface area contributed by atoms with Gasteiger partial charge in [0.2, 0.25) is 0 Å². The molecule has 0 radical (unpaired) electrons. The molecule has 2 heterocycles. The summed E-state index contributed by atoms with van der Waals surface area (Å²) in [5.74, 6) is 0.692. The highest BCUT2D eigenvalue weighted by Gasteiger charge is 2.31.